The first-order valence-corrected chi connectivity index (χ1v) is 7.99. The van der Waals surface area contributed by atoms with Crippen LogP contribution in [0.5, 0.6) is 5.75 Å². The summed E-state index contributed by atoms with van der Waals surface area (Å²) in [6.07, 6.45) is 4.12. The number of nitrogens with zero attached hydrogens (tertiary/aromatic N) is 2. The third-order valence-corrected chi connectivity index (χ3v) is 3.57. The number of hydrogen-bond donors (Lipinski definition) is 2. The van der Waals surface area contributed by atoms with E-state index in [-0.39, 0.29) is 24.0 Å². The third-order valence-electron chi connectivity index (χ3n) is 3.57. The summed E-state index contributed by atoms with van der Waals surface area (Å²) in [5.41, 5.74) is 2.27. The van der Waals surface area contributed by atoms with Gasteiger partial charge in [-0.3, -0.25) is 0 Å². The molecule has 0 aliphatic carbocycles. The highest BCUT2D eigenvalue weighted by atomic mass is 127. The molecule has 0 unspecified atom stereocenters. The summed E-state index contributed by atoms with van der Waals surface area (Å²) in [4.78, 5) is 4.64. The zero-order chi connectivity index (χ0) is 16.5. The van der Waals surface area contributed by atoms with Gasteiger partial charge in [0.25, 0.3) is 0 Å². The smallest absolute Gasteiger partial charge is 0.191 e. The molecule has 2 rings (SSSR count). The van der Waals surface area contributed by atoms with E-state index in [1.165, 1.54) is 0 Å². The van der Waals surface area contributed by atoms with E-state index in [1.54, 1.807) is 7.11 Å². The van der Waals surface area contributed by atoms with Gasteiger partial charge in [0, 0.05) is 32.0 Å². The molecule has 0 spiro atoms. The number of aromatic nitrogens is 1. The van der Waals surface area contributed by atoms with E-state index in [2.05, 4.69) is 51.6 Å². The molecule has 6 heteroatoms. The van der Waals surface area contributed by atoms with Gasteiger partial charge in [-0.1, -0.05) is 12.1 Å². The zero-order valence-corrected chi connectivity index (χ0v) is 16.9. The first kappa shape index (κ1) is 20.3. The molecule has 0 atom stereocenters. The van der Waals surface area contributed by atoms with Crippen molar-refractivity contribution in [2.75, 3.05) is 20.2 Å². The maximum atomic E-state index is 5.36. The lowest BCUT2D eigenvalue weighted by Gasteiger charge is -2.12. The topological polar surface area (TPSA) is 50.6 Å². The Morgan fingerprint density at radius 3 is 2.62 bits per heavy atom. The summed E-state index contributed by atoms with van der Waals surface area (Å²) in [5.74, 6) is 1.74. The number of guanidine groups is 1. The van der Waals surface area contributed by atoms with Crippen molar-refractivity contribution in [3.05, 3.63) is 53.9 Å². The van der Waals surface area contributed by atoms with Crippen LogP contribution in [0.25, 0.3) is 0 Å². The van der Waals surface area contributed by atoms with Gasteiger partial charge in [-0.05, 0) is 43.2 Å². The number of benzene rings is 1. The van der Waals surface area contributed by atoms with Gasteiger partial charge in [-0.15, -0.1) is 24.0 Å². The Balaban J connectivity index is 0.00000288. The average molecular weight is 442 g/mol. The highest BCUT2D eigenvalue weighted by molar-refractivity contribution is 14.0. The third kappa shape index (κ3) is 6.43. The fourth-order valence-corrected chi connectivity index (χ4v) is 2.30. The van der Waals surface area contributed by atoms with Crippen LogP contribution in [0, 0.1) is 6.92 Å². The fourth-order valence-electron chi connectivity index (χ4n) is 2.30. The number of aryl methyl sites for hydroxylation is 1. The van der Waals surface area contributed by atoms with Crippen molar-refractivity contribution in [1.82, 2.24) is 15.2 Å². The number of nitrogens with one attached hydrogen (secondary N) is 2. The number of halogens is 1. The summed E-state index contributed by atoms with van der Waals surface area (Å²) in [6.45, 7) is 7.31. The van der Waals surface area contributed by atoms with Crippen molar-refractivity contribution in [3.63, 3.8) is 0 Å². The molecule has 1 aromatic carbocycles. The van der Waals surface area contributed by atoms with E-state index in [0.29, 0.717) is 6.54 Å². The summed E-state index contributed by atoms with van der Waals surface area (Å²) in [7, 11) is 1.70. The first-order chi connectivity index (χ1) is 11.2. The van der Waals surface area contributed by atoms with Gasteiger partial charge in [-0.2, -0.15) is 0 Å². The van der Waals surface area contributed by atoms with Crippen LogP contribution < -0.4 is 15.4 Å². The molecule has 0 fully saturated rings. The molecular weight excluding hydrogens is 415 g/mol. The molecule has 0 aliphatic rings. The second-order valence-electron chi connectivity index (χ2n) is 5.35. The molecule has 24 heavy (non-hydrogen) atoms. The molecule has 0 bridgehead atoms. The van der Waals surface area contributed by atoms with Crippen molar-refractivity contribution in [3.8, 4) is 5.75 Å². The monoisotopic (exact) mass is 442 g/mol. The van der Waals surface area contributed by atoms with Gasteiger partial charge in [-0.25, -0.2) is 4.99 Å². The van der Waals surface area contributed by atoms with E-state index in [9.17, 15) is 0 Å². The Morgan fingerprint density at radius 1 is 1.21 bits per heavy atom. The normalized spacial score (nSPS) is 10.9. The second-order valence-corrected chi connectivity index (χ2v) is 5.35. The van der Waals surface area contributed by atoms with Crippen molar-refractivity contribution < 1.29 is 4.74 Å². The average Bonchev–Trinajstić information content (AvgIpc) is 3.07. The van der Waals surface area contributed by atoms with Crippen LogP contribution in [-0.4, -0.2) is 30.7 Å². The predicted molar refractivity (Wildman–Crippen MR) is 110 cm³/mol. The molecule has 5 nitrogen and oxygen atoms in total. The Hall–Kier alpha value is -1.70. The summed E-state index contributed by atoms with van der Waals surface area (Å²) in [6, 6.07) is 10.3. The standard InChI is InChI=1S/C18H26N4O.HI/c1-4-19-18(20-9-12-22-10-5-6-11-22)21-14-16-8-7-15(2)17(13-16)23-3;/h5-8,10-11,13H,4,9,12,14H2,1-3H3,(H2,19,20,21);1H. The number of methoxy groups -OCH3 is 1. The molecule has 2 aromatic rings. The lowest BCUT2D eigenvalue weighted by atomic mass is 10.1. The lowest BCUT2D eigenvalue weighted by molar-refractivity contribution is 0.411. The molecule has 132 valence electrons. The quantitative estimate of drug-likeness (QED) is 0.394. The van der Waals surface area contributed by atoms with Crippen molar-refractivity contribution in [2.24, 2.45) is 4.99 Å². The fraction of sp³-hybridized carbons (Fsp3) is 0.389. The molecule has 0 saturated carbocycles. The van der Waals surface area contributed by atoms with E-state index in [4.69, 9.17) is 4.74 Å². The molecule has 0 radical (unpaired) electrons. The first-order valence-electron chi connectivity index (χ1n) is 7.99. The molecule has 2 N–H and O–H groups in total. The maximum Gasteiger partial charge on any atom is 0.191 e. The molecule has 0 amide bonds. The Bertz CT molecular complexity index is 626. The minimum atomic E-state index is 0. The van der Waals surface area contributed by atoms with Crippen molar-refractivity contribution in [1.29, 1.82) is 0 Å². The van der Waals surface area contributed by atoms with E-state index < -0.39 is 0 Å². The Kier molecular flexibility index (Phi) is 9.29. The minimum Gasteiger partial charge on any atom is -0.496 e. The number of ether oxygens (including phenoxy) is 1. The van der Waals surface area contributed by atoms with Crippen molar-refractivity contribution >= 4 is 29.9 Å². The van der Waals surface area contributed by atoms with Gasteiger partial charge < -0.3 is 19.9 Å². The van der Waals surface area contributed by atoms with Crippen LogP contribution >= 0.6 is 24.0 Å². The van der Waals surface area contributed by atoms with E-state index in [0.717, 1.165) is 42.5 Å². The highest BCUT2D eigenvalue weighted by Crippen LogP contribution is 2.19. The van der Waals surface area contributed by atoms with Gasteiger partial charge in [0.15, 0.2) is 5.96 Å². The van der Waals surface area contributed by atoms with Gasteiger partial charge in [0.05, 0.1) is 13.7 Å². The zero-order valence-electron chi connectivity index (χ0n) is 14.6. The van der Waals surface area contributed by atoms with Gasteiger partial charge >= 0.3 is 0 Å². The van der Waals surface area contributed by atoms with Crippen LogP contribution in [0.1, 0.15) is 18.1 Å². The molecule has 1 aromatic heterocycles. The second kappa shape index (κ2) is 11.0. The molecule has 1 heterocycles. The number of aliphatic imine (C=N–C) groups is 1. The summed E-state index contributed by atoms with van der Waals surface area (Å²) < 4.78 is 7.50. The van der Waals surface area contributed by atoms with Crippen LogP contribution in [0.3, 0.4) is 0 Å². The van der Waals surface area contributed by atoms with Gasteiger partial charge in [0.1, 0.15) is 5.75 Å². The maximum absolute atomic E-state index is 5.36. The van der Waals surface area contributed by atoms with Crippen LogP contribution in [0.15, 0.2) is 47.7 Å². The lowest BCUT2D eigenvalue weighted by Crippen LogP contribution is -2.38. The largest absolute Gasteiger partial charge is 0.496 e. The van der Waals surface area contributed by atoms with Crippen LogP contribution in [0.2, 0.25) is 0 Å². The predicted octanol–water partition coefficient (Wildman–Crippen LogP) is 3.18. The van der Waals surface area contributed by atoms with Crippen LogP contribution in [0.4, 0.5) is 0 Å². The van der Waals surface area contributed by atoms with E-state index >= 15 is 0 Å². The Labute approximate surface area is 161 Å². The Morgan fingerprint density at radius 2 is 1.96 bits per heavy atom. The van der Waals surface area contributed by atoms with E-state index in [1.807, 2.05) is 25.1 Å². The SMILES string of the molecule is CCNC(=NCc1ccc(C)c(OC)c1)NCCn1cccc1.I. The summed E-state index contributed by atoms with van der Waals surface area (Å²) >= 11 is 0. The summed E-state index contributed by atoms with van der Waals surface area (Å²) in [5, 5.41) is 6.63. The van der Waals surface area contributed by atoms with Crippen LogP contribution in [-0.2, 0) is 13.1 Å². The molecule has 0 saturated heterocycles. The van der Waals surface area contributed by atoms with Gasteiger partial charge in [0.2, 0.25) is 0 Å². The highest BCUT2D eigenvalue weighted by Gasteiger charge is 2.01. The number of hydrogen-bond acceptors (Lipinski definition) is 2. The van der Waals surface area contributed by atoms with Crippen molar-refractivity contribution in [2.45, 2.75) is 26.9 Å². The molecule has 0 aliphatic heterocycles. The molecular formula is C18H27IN4O. The minimum absolute atomic E-state index is 0. The number of rotatable bonds is 7.